The number of rotatable bonds is 0. The lowest BCUT2D eigenvalue weighted by Gasteiger charge is -2.67. The number of fused-ring (bicyclic) bond motifs is 2. The first-order chi connectivity index (χ1) is 7.34. The molecule has 0 unspecified atom stereocenters. The molecule has 92 valence electrons. The minimum Gasteiger partial charge on any atom is -0.393 e. The normalized spacial score (nSPS) is 58.7. The van der Waals surface area contributed by atoms with Gasteiger partial charge in [-0.1, -0.05) is 27.7 Å². The lowest BCUT2D eigenvalue weighted by Crippen LogP contribution is -2.63. The summed E-state index contributed by atoms with van der Waals surface area (Å²) in [5.41, 5.74) is 0.984. The summed E-state index contributed by atoms with van der Waals surface area (Å²) in [4.78, 5) is 0. The first-order valence-corrected chi connectivity index (χ1v) is 7.03. The number of hydrogen-bond acceptors (Lipinski definition) is 1. The van der Waals surface area contributed by atoms with E-state index in [2.05, 4.69) is 27.7 Å². The Balaban J connectivity index is 2.12. The molecule has 1 spiro atoms. The van der Waals surface area contributed by atoms with E-state index in [0.717, 1.165) is 18.3 Å². The highest BCUT2D eigenvalue weighted by Crippen LogP contribution is 2.73. The Morgan fingerprint density at radius 1 is 1.06 bits per heavy atom. The van der Waals surface area contributed by atoms with E-state index in [-0.39, 0.29) is 11.5 Å². The van der Waals surface area contributed by atoms with Crippen LogP contribution in [0.4, 0.5) is 0 Å². The van der Waals surface area contributed by atoms with E-state index in [0.29, 0.717) is 10.8 Å². The second-order valence-corrected chi connectivity index (χ2v) is 7.62. The van der Waals surface area contributed by atoms with Crippen LogP contribution in [0.25, 0.3) is 0 Å². The van der Waals surface area contributed by atoms with E-state index in [1.165, 1.54) is 25.7 Å². The SMILES string of the molecule is C[C@@H]1CC[C@H]2C(C)(C)[C@@]3(C)CC[C@@]12C[C@@H]3O. The van der Waals surface area contributed by atoms with Gasteiger partial charge < -0.3 is 5.11 Å². The Morgan fingerprint density at radius 2 is 1.75 bits per heavy atom. The summed E-state index contributed by atoms with van der Waals surface area (Å²) in [6.07, 6.45) is 6.41. The Kier molecular flexibility index (Phi) is 1.98. The average molecular weight is 222 g/mol. The molecule has 0 radical (unpaired) electrons. The van der Waals surface area contributed by atoms with E-state index in [1.54, 1.807) is 0 Å². The Hall–Kier alpha value is -0.0400. The molecule has 0 aromatic heterocycles. The minimum atomic E-state index is -0.0620. The summed E-state index contributed by atoms with van der Waals surface area (Å²) in [5.74, 6) is 1.69. The molecule has 0 saturated heterocycles. The fourth-order valence-corrected chi connectivity index (χ4v) is 5.67. The van der Waals surface area contributed by atoms with Gasteiger partial charge in [-0.15, -0.1) is 0 Å². The lowest BCUT2D eigenvalue weighted by molar-refractivity contribution is -0.223. The molecule has 1 heteroatoms. The predicted octanol–water partition coefficient (Wildman–Crippen LogP) is 3.61. The molecule has 0 amide bonds. The summed E-state index contributed by atoms with van der Waals surface area (Å²) in [7, 11) is 0. The Morgan fingerprint density at radius 3 is 2.38 bits per heavy atom. The van der Waals surface area contributed by atoms with Crippen molar-refractivity contribution in [1.82, 2.24) is 0 Å². The highest BCUT2D eigenvalue weighted by atomic mass is 16.3. The summed E-state index contributed by atoms with van der Waals surface area (Å²) in [5, 5.41) is 10.6. The van der Waals surface area contributed by atoms with Gasteiger partial charge in [-0.3, -0.25) is 0 Å². The molecule has 1 N–H and O–H groups in total. The molecular formula is C15H26O. The van der Waals surface area contributed by atoms with Crippen molar-refractivity contribution in [3.63, 3.8) is 0 Å². The van der Waals surface area contributed by atoms with Crippen molar-refractivity contribution in [3.05, 3.63) is 0 Å². The second-order valence-electron chi connectivity index (χ2n) is 7.62. The predicted molar refractivity (Wildman–Crippen MR) is 66.1 cm³/mol. The maximum Gasteiger partial charge on any atom is 0.0604 e. The quantitative estimate of drug-likeness (QED) is 0.664. The molecule has 0 aromatic carbocycles. The van der Waals surface area contributed by atoms with Crippen LogP contribution in [0, 0.1) is 28.1 Å². The second kappa shape index (κ2) is 2.85. The number of hydrogen-bond donors (Lipinski definition) is 1. The van der Waals surface area contributed by atoms with Crippen LogP contribution in [0.3, 0.4) is 0 Å². The van der Waals surface area contributed by atoms with Gasteiger partial charge >= 0.3 is 0 Å². The summed E-state index contributed by atoms with van der Waals surface area (Å²) < 4.78 is 0. The molecule has 2 bridgehead atoms. The van der Waals surface area contributed by atoms with Gasteiger partial charge in [0.05, 0.1) is 6.10 Å². The largest absolute Gasteiger partial charge is 0.393 e. The molecule has 4 rings (SSSR count). The monoisotopic (exact) mass is 222 g/mol. The lowest BCUT2D eigenvalue weighted by atomic mass is 9.38. The summed E-state index contributed by atoms with van der Waals surface area (Å²) >= 11 is 0. The Labute approximate surface area is 99.6 Å². The molecule has 5 atom stereocenters. The topological polar surface area (TPSA) is 20.2 Å². The van der Waals surface area contributed by atoms with E-state index in [1.807, 2.05) is 0 Å². The number of aliphatic hydroxyl groups is 1. The van der Waals surface area contributed by atoms with Crippen LogP contribution >= 0.6 is 0 Å². The molecule has 0 aliphatic heterocycles. The van der Waals surface area contributed by atoms with Gasteiger partial charge in [-0.05, 0) is 60.2 Å². The van der Waals surface area contributed by atoms with Crippen molar-refractivity contribution in [3.8, 4) is 0 Å². The highest BCUT2D eigenvalue weighted by Gasteiger charge is 2.68. The van der Waals surface area contributed by atoms with Gasteiger partial charge in [0.1, 0.15) is 0 Å². The minimum absolute atomic E-state index is 0.0620. The van der Waals surface area contributed by atoms with Gasteiger partial charge in [0.2, 0.25) is 0 Å². The van der Waals surface area contributed by atoms with E-state index in [9.17, 15) is 5.11 Å². The van der Waals surface area contributed by atoms with Crippen molar-refractivity contribution in [2.75, 3.05) is 0 Å². The van der Waals surface area contributed by atoms with Gasteiger partial charge in [0.25, 0.3) is 0 Å². The van der Waals surface area contributed by atoms with Gasteiger partial charge in [0, 0.05) is 0 Å². The molecule has 16 heavy (non-hydrogen) atoms. The van der Waals surface area contributed by atoms with Crippen LogP contribution < -0.4 is 0 Å². The van der Waals surface area contributed by atoms with Crippen LogP contribution in [-0.2, 0) is 0 Å². The maximum atomic E-state index is 10.6. The van der Waals surface area contributed by atoms with Crippen LogP contribution in [0.15, 0.2) is 0 Å². The fraction of sp³-hybridized carbons (Fsp3) is 1.00. The van der Waals surface area contributed by atoms with Crippen molar-refractivity contribution < 1.29 is 5.11 Å². The first-order valence-electron chi connectivity index (χ1n) is 7.03. The van der Waals surface area contributed by atoms with Crippen molar-refractivity contribution in [2.45, 2.75) is 65.9 Å². The molecule has 0 heterocycles. The van der Waals surface area contributed by atoms with Crippen molar-refractivity contribution in [2.24, 2.45) is 28.1 Å². The Bertz CT molecular complexity index is 321. The molecule has 4 saturated carbocycles. The third-order valence-corrected chi connectivity index (χ3v) is 7.33. The van der Waals surface area contributed by atoms with Crippen LogP contribution in [0.5, 0.6) is 0 Å². The van der Waals surface area contributed by atoms with Crippen LogP contribution in [-0.4, -0.2) is 11.2 Å². The first kappa shape index (κ1) is 11.1. The van der Waals surface area contributed by atoms with Gasteiger partial charge in [-0.25, -0.2) is 0 Å². The standard InChI is InChI=1S/C15H26O/c1-10-5-6-11-13(2,3)14(4)7-8-15(10,11)9-12(14)16/h10-12,16H,5-9H2,1-4H3/t10-,11+,12+,14+,15-/m1/s1. The van der Waals surface area contributed by atoms with Crippen molar-refractivity contribution in [1.29, 1.82) is 0 Å². The zero-order valence-corrected chi connectivity index (χ0v) is 11.2. The van der Waals surface area contributed by atoms with Crippen LogP contribution in [0.2, 0.25) is 0 Å². The summed E-state index contributed by atoms with van der Waals surface area (Å²) in [6.45, 7) is 9.61. The van der Waals surface area contributed by atoms with E-state index in [4.69, 9.17) is 0 Å². The summed E-state index contributed by atoms with van der Waals surface area (Å²) in [6, 6.07) is 0. The van der Waals surface area contributed by atoms with Crippen LogP contribution in [0.1, 0.15) is 59.8 Å². The van der Waals surface area contributed by atoms with E-state index >= 15 is 0 Å². The molecular weight excluding hydrogens is 196 g/mol. The van der Waals surface area contributed by atoms with Crippen molar-refractivity contribution >= 4 is 0 Å². The third-order valence-electron chi connectivity index (χ3n) is 7.33. The zero-order chi connectivity index (χ0) is 11.8. The molecule has 0 aromatic rings. The fourth-order valence-electron chi connectivity index (χ4n) is 5.67. The molecule has 4 aliphatic rings. The van der Waals surface area contributed by atoms with Gasteiger partial charge in [0.15, 0.2) is 0 Å². The molecule has 1 nitrogen and oxygen atoms in total. The third kappa shape index (κ3) is 0.939. The molecule has 4 aliphatic carbocycles. The zero-order valence-electron chi connectivity index (χ0n) is 11.2. The molecule has 4 fully saturated rings. The maximum absolute atomic E-state index is 10.6. The number of aliphatic hydroxyl groups excluding tert-OH is 1. The smallest absolute Gasteiger partial charge is 0.0604 e. The van der Waals surface area contributed by atoms with Gasteiger partial charge in [-0.2, -0.15) is 0 Å². The average Bonchev–Trinajstić information content (AvgIpc) is 2.51. The van der Waals surface area contributed by atoms with E-state index < -0.39 is 0 Å². The highest BCUT2D eigenvalue weighted by molar-refractivity contribution is 5.17.